The van der Waals surface area contributed by atoms with E-state index in [0.717, 1.165) is 6.42 Å². The Morgan fingerprint density at radius 3 is 1.92 bits per heavy atom. The van der Waals surface area contributed by atoms with Gasteiger partial charge >= 0.3 is 5.97 Å². The van der Waals surface area contributed by atoms with Gasteiger partial charge < -0.3 is 38.0 Å². The molecule has 0 rings (SSSR count). The second-order valence-electron chi connectivity index (χ2n) is 6.30. The Labute approximate surface area is 153 Å². The van der Waals surface area contributed by atoms with Gasteiger partial charge in [-0.1, -0.05) is 6.42 Å². The Bertz CT molecular complexity index is 447. The van der Waals surface area contributed by atoms with Crippen molar-refractivity contribution in [2.75, 3.05) is 13.1 Å². The molecule has 0 aromatic rings. The first-order valence-corrected chi connectivity index (χ1v) is 8.91. The number of nitrogens with two attached hydrogens (primary N) is 3. The summed E-state index contributed by atoms with van der Waals surface area (Å²) in [6.45, 7) is 2.20. The van der Waals surface area contributed by atoms with Crippen LogP contribution in [-0.4, -0.2) is 65.3 Å². The molecule has 0 aliphatic rings. The molecule has 0 saturated carbocycles. The molecule has 26 heavy (non-hydrogen) atoms. The van der Waals surface area contributed by atoms with E-state index in [4.69, 9.17) is 22.3 Å². The summed E-state index contributed by atoms with van der Waals surface area (Å²) in [5, 5.41) is 23.4. The lowest BCUT2D eigenvalue weighted by atomic mass is 10.1. The standard InChI is InChI=1S/C16H33N5O5/c1-10(22)13(16(25)26)21-15(24)12(7-3-5-9-18)20-14(23)11(19)6-2-4-8-17/h10-13,22H,2-9,17-19H2,1H3,(H,20,23)(H,21,24)(H,25,26)/t10-,11+,12+,13+/m1/s1. The molecule has 10 nitrogen and oxygen atoms in total. The van der Waals surface area contributed by atoms with Gasteiger partial charge in [-0.05, 0) is 52.1 Å². The van der Waals surface area contributed by atoms with Gasteiger partial charge in [-0.25, -0.2) is 4.79 Å². The Hall–Kier alpha value is -1.75. The fourth-order valence-electron chi connectivity index (χ4n) is 2.32. The van der Waals surface area contributed by atoms with Crippen LogP contribution in [0.3, 0.4) is 0 Å². The second-order valence-corrected chi connectivity index (χ2v) is 6.30. The molecule has 4 atom stereocenters. The molecule has 0 aromatic carbocycles. The number of nitrogens with one attached hydrogen (secondary N) is 2. The number of carbonyl (C=O) groups excluding carboxylic acids is 2. The predicted molar refractivity (Wildman–Crippen MR) is 97.0 cm³/mol. The summed E-state index contributed by atoms with van der Waals surface area (Å²) in [5.41, 5.74) is 16.7. The van der Waals surface area contributed by atoms with Gasteiger partial charge in [-0.15, -0.1) is 0 Å². The summed E-state index contributed by atoms with van der Waals surface area (Å²) in [6, 6.07) is -3.19. The maximum atomic E-state index is 12.4. The SMILES string of the molecule is C[C@@H](O)[C@H](NC(=O)[C@H](CCCCN)NC(=O)[C@@H](N)CCCCN)C(=O)O. The van der Waals surface area contributed by atoms with Gasteiger partial charge in [0.15, 0.2) is 6.04 Å². The number of aliphatic hydroxyl groups excluding tert-OH is 1. The molecule has 10 heteroatoms. The predicted octanol–water partition coefficient (Wildman–Crippen LogP) is -1.99. The second kappa shape index (κ2) is 13.5. The fraction of sp³-hybridized carbons (Fsp3) is 0.812. The third kappa shape index (κ3) is 9.66. The number of rotatable bonds is 14. The van der Waals surface area contributed by atoms with Crippen molar-refractivity contribution < 1.29 is 24.6 Å². The number of carboxylic acid groups (broad SMARTS) is 1. The molecule has 0 aliphatic heterocycles. The van der Waals surface area contributed by atoms with E-state index < -0.39 is 42.0 Å². The molecule has 0 unspecified atom stereocenters. The summed E-state index contributed by atoms with van der Waals surface area (Å²) < 4.78 is 0. The molecule has 0 bridgehead atoms. The van der Waals surface area contributed by atoms with E-state index in [-0.39, 0.29) is 6.42 Å². The number of aliphatic hydroxyl groups is 1. The highest BCUT2D eigenvalue weighted by Crippen LogP contribution is 2.05. The van der Waals surface area contributed by atoms with Crippen LogP contribution in [0.1, 0.15) is 45.4 Å². The lowest BCUT2D eigenvalue weighted by Crippen LogP contribution is -2.56. The van der Waals surface area contributed by atoms with Gasteiger partial charge in [-0.2, -0.15) is 0 Å². The lowest BCUT2D eigenvalue weighted by Gasteiger charge is -2.24. The normalized spacial score (nSPS) is 15.6. The molecule has 0 saturated heterocycles. The van der Waals surface area contributed by atoms with Crippen molar-refractivity contribution in [1.82, 2.24) is 10.6 Å². The van der Waals surface area contributed by atoms with Crippen LogP contribution in [0.4, 0.5) is 0 Å². The van der Waals surface area contributed by atoms with E-state index in [1.807, 2.05) is 0 Å². The number of carbonyl (C=O) groups is 3. The third-order valence-electron chi connectivity index (χ3n) is 3.93. The van der Waals surface area contributed by atoms with Crippen molar-refractivity contribution in [3.05, 3.63) is 0 Å². The maximum Gasteiger partial charge on any atom is 0.328 e. The molecule has 10 N–H and O–H groups in total. The van der Waals surface area contributed by atoms with Gasteiger partial charge in [0.25, 0.3) is 0 Å². The minimum atomic E-state index is -1.46. The zero-order valence-corrected chi connectivity index (χ0v) is 15.3. The lowest BCUT2D eigenvalue weighted by molar-refractivity contribution is -0.145. The highest BCUT2D eigenvalue weighted by molar-refractivity contribution is 5.91. The Morgan fingerprint density at radius 1 is 0.923 bits per heavy atom. The Morgan fingerprint density at radius 2 is 1.46 bits per heavy atom. The highest BCUT2D eigenvalue weighted by atomic mass is 16.4. The summed E-state index contributed by atoms with van der Waals surface area (Å²) in [4.78, 5) is 35.7. The van der Waals surface area contributed by atoms with E-state index in [1.165, 1.54) is 6.92 Å². The van der Waals surface area contributed by atoms with Crippen LogP contribution in [-0.2, 0) is 14.4 Å². The number of aliphatic carboxylic acids is 1. The van der Waals surface area contributed by atoms with Gasteiger partial charge in [0, 0.05) is 0 Å². The van der Waals surface area contributed by atoms with Crippen LogP contribution in [0.5, 0.6) is 0 Å². The van der Waals surface area contributed by atoms with E-state index in [0.29, 0.717) is 38.8 Å². The van der Waals surface area contributed by atoms with Crippen molar-refractivity contribution in [2.45, 2.75) is 69.7 Å². The Kier molecular flexibility index (Phi) is 12.5. The third-order valence-corrected chi connectivity index (χ3v) is 3.93. The fourth-order valence-corrected chi connectivity index (χ4v) is 2.32. The van der Waals surface area contributed by atoms with Crippen LogP contribution in [0.2, 0.25) is 0 Å². The molecule has 0 spiro atoms. The van der Waals surface area contributed by atoms with Crippen LogP contribution in [0.25, 0.3) is 0 Å². The first kappa shape index (κ1) is 24.2. The zero-order chi connectivity index (χ0) is 20.1. The zero-order valence-electron chi connectivity index (χ0n) is 15.3. The first-order chi connectivity index (χ1) is 12.2. The monoisotopic (exact) mass is 375 g/mol. The van der Waals surface area contributed by atoms with Gasteiger partial charge in [0.1, 0.15) is 6.04 Å². The maximum absolute atomic E-state index is 12.4. The van der Waals surface area contributed by atoms with Gasteiger partial charge in [0.2, 0.25) is 11.8 Å². The number of hydrogen-bond acceptors (Lipinski definition) is 7. The van der Waals surface area contributed by atoms with E-state index >= 15 is 0 Å². The topological polar surface area (TPSA) is 194 Å². The van der Waals surface area contributed by atoms with Crippen molar-refractivity contribution in [1.29, 1.82) is 0 Å². The average Bonchev–Trinajstić information content (AvgIpc) is 2.57. The molecule has 0 radical (unpaired) electrons. The molecule has 0 aromatic heterocycles. The molecule has 0 fully saturated rings. The number of carboxylic acids is 1. The number of unbranched alkanes of at least 4 members (excludes halogenated alkanes) is 2. The summed E-state index contributed by atoms with van der Waals surface area (Å²) >= 11 is 0. The van der Waals surface area contributed by atoms with Crippen molar-refractivity contribution in [3.8, 4) is 0 Å². The van der Waals surface area contributed by atoms with E-state index in [2.05, 4.69) is 10.6 Å². The molecular weight excluding hydrogens is 342 g/mol. The van der Waals surface area contributed by atoms with Crippen molar-refractivity contribution in [2.24, 2.45) is 17.2 Å². The summed E-state index contributed by atoms with van der Waals surface area (Å²) in [5.74, 6) is -2.53. The van der Waals surface area contributed by atoms with Gasteiger partial charge in [-0.3, -0.25) is 9.59 Å². The Balaban J connectivity index is 4.88. The van der Waals surface area contributed by atoms with Crippen LogP contribution >= 0.6 is 0 Å². The minimum Gasteiger partial charge on any atom is -0.480 e. The van der Waals surface area contributed by atoms with Crippen LogP contribution in [0, 0.1) is 0 Å². The van der Waals surface area contributed by atoms with E-state index in [1.54, 1.807) is 0 Å². The average molecular weight is 375 g/mol. The highest BCUT2D eigenvalue weighted by Gasteiger charge is 2.30. The quantitative estimate of drug-likeness (QED) is 0.169. The molecular formula is C16H33N5O5. The first-order valence-electron chi connectivity index (χ1n) is 8.91. The van der Waals surface area contributed by atoms with Crippen LogP contribution < -0.4 is 27.8 Å². The molecule has 152 valence electrons. The largest absolute Gasteiger partial charge is 0.480 e. The van der Waals surface area contributed by atoms with Crippen molar-refractivity contribution >= 4 is 17.8 Å². The molecule has 0 heterocycles. The summed E-state index contributed by atoms with van der Waals surface area (Å²) in [7, 11) is 0. The molecule has 2 amide bonds. The smallest absolute Gasteiger partial charge is 0.328 e. The van der Waals surface area contributed by atoms with E-state index in [9.17, 15) is 19.5 Å². The van der Waals surface area contributed by atoms with Crippen LogP contribution in [0.15, 0.2) is 0 Å². The number of amides is 2. The number of hydrogen-bond donors (Lipinski definition) is 7. The minimum absolute atomic E-state index is 0.288. The summed E-state index contributed by atoms with van der Waals surface area (Å²) in [6.07, 6.45) is 2.11. The van der Waals surface area contributed by atoms with Crippen molar-refractivity contribution in [3.63, 3.8) is 0 Å². The molecule has 0 aliphatic carbocycles. The van der Waals surface area contributed by atoms with Gasteiger partial charge in [0.05, 0.1) is 12.1 Å².